The Balaban J connectivity index is 2.50. The van der Waals surface area contributed by atoms with Crippen molar-refractivity contribution in [2.75, 3.05) is 20.2 Å². The maximum Gasteiger partial charge on any atom is 0.174 e. The van der Waals surface area contributed by atoms with Gasteiger partial charge in [0, 0.05) is 18.0 Å². The molecule has 0 amide bonds. The van der Waals surface area contributed by atoms with Gasteiger partial charge in [0.1, 0.15) is 0 Å². The number of hydrogen-bond donors (Lipinski definition) is 2. The highest BCUT2D eigenvalue weighted by Gasteiger charge is 2.24. The second kappa shape index (κ2) is 4.63. The number of hydrogen-bond acceptors (Lipinski definition) is 3. The molecule has 1 saturated heterocycles. The number of halogens is 1. The van der Waals surface area contributed by atoms with E-state index in [-0.39, 0.29) is 5.75 Å². The molecule has 3 nitrogen and oxygen atoms in total. The number of ether oxygens (including phenoxy) is 1. The summed E-state index contributed by atoms with van der Waals surface area (Å²) in [6.45, 7) is 3.97. The molecular formula is C12H16BrNO2. The van der Waals surface area contributed by atoms with E-state index >= 15 is 0 Å². The first-order chi connectivity index (χ1) is 7.65. The smallest absolute Gasteiger partial charge is 0.174 e. The summed E-state index contributed by atoms with van der Waals surface area (Å²) in [7, 11) is 1.58. The maximum absolute atomic E-state index is 10.2. The quantitative estimate of drug-likeness (QED) is 0.878. The van der Waals surface area contributed by atoms with Crippen molar-refractivity contribution in [2.24, 2.45) is 0 Å². The van der Waals surface area contributed by atoms with Gasteiger partial charge >= 0.3 is 0 Å². The summed E-state index contributed by atoms with van der Waals surface area (Å²) >= 11 is 3.40. The topological polar surface area (TPSA) is 41.5 Å². The van der Waals surface area contributed by atoms with Crippen molar-refractivity contribution >= 4 is 15.9 Å². The van der Waals surface area contributed by atoms with Gasteiger partial charge < -0.3 is 15.2 Å². The van der Waals surface area contributed by atoms with Crippen LogP contribution in [0.3, 0.4) is 0 Å². The second-order valence-corrected chi connectivity index (χ2v) is 5.01. The van der Waals surface area contributed by atoms with Gasteiger partial charge in [-0.2, -0.15) is 0 Å². The number of rotatable bonds is 2. The zero-order chi connectivity index (χ0) is 11.7. The lowest BCUT2D eigenvalue weighted by Crippen LogP contribution is -2.09. The van der Waals surface area contributed by atoms with Crippen molar-refractivity contribution in [1.82, 2.24) is 5.32 Å². The fourth-order valence-corrected chi connectivity index (χ4v) is 3.06. The van der Waals surface area contributed by atoms with Gasteiger partial charge in [0.2, 0.25) is 0 Å². The van der Waals surface area contributed by atoms with Gasteiger partial charge in [-0.25, -0.2) is 0 Å². The monoisotopic (exact) mass is 285 g/mol. The van der Waals surface area contributed by atoms with E-state index in [2.05, 4.69) is 21.2 Å². The third-order valence-electron chi connectivity index (χ3n) is 3.13. The van der Waals surface area contributed by atoms with Crippen molar-refractivity contribution in [3.63, 3.8) is 0 Å². The first-order valence-electron chi connectivity index (χ1n) is 5.41. The molecule has 1 aliphatic heterocycles. The summed E-state index contributed by atoms with van der Waals surface area (Å²) < 4.78 is 6.02. The van der Waals surface area contributed by atoms with Crippen LogP contribution in [0, 0.1) is 6.92 Å². The van der Waals surface area contributed by atoms with Crippen molar-refractivity contribution in [2.45, 2.75) is 19.3 Å². The minimum Gasteiger partial charge on any atom is -0.504 e. The van der Waals surface area contributed by atoms with Crippen LogP contribution < -0.4 is 10.1 Å². The molecule has 1 unspecified atom stereocenters. The largest absolute Gasteiger partial charge is 0.504 e. The number of nitrogens with one attached hydrogen (secondary N) is 1. The van der Waals surface area contributed by atoms with Crippen molar-refractivity contribution < 1.29 is 9.84 Å². The number of aryl methyl sites for hydroxylation is 1. The number of phenolic OH excluding ortho intramolecular Hbond substituents is 1. The van der Waals surface area contributed by atoms with Crippen LogP contribution in [-0.2, 0) is 0 Å². The zero-order valence-corrected chi connectivity index (χ0v) is 11.1. The normalized spacial score (nSPS) is 20.1. The zero-order valence-electron chi connectivity index (χ0n) is 9.51. The molecule has 0 saturated carbocycles. The molecule has 1 aromatic rings. The Morgan fingerprint density at radius 2 is 2.31 bits per heavy atom. The minimum atomic E-state index is 0.281. The Morgan fingerprint density at radius 1 is 1.56 bits per heavy atom. The highest BCUT2D eigenvalue weighted by Crippen LogP contribution is 2.43. The molecule has 0 radical (unpaired) electrons. The summed E-state index contributed by atoms with van der Waals surface area (Å²) in [4.78, 5) is 0. The molecule has 0 aromatic heterocycles. The Morgan fingerprint density at radius 3 is 2.88 bits per heavy atom. The van der Waals surface area contributed by atoms with Crippen LogP contribution >= 0.6 is 15.9 Å². The van der Waals surface area contributed by atoms with Crippen LogP contribution in [0.25, 0.3) is 0 Å². The van der Waals surface area contributed by atoms with Crippen molar-refractivity contribution in [3.05, 3.63) is 21.7 Å². The summed E-state index contributed by atoms with van der Waals surface area (Å²) in [5.74, 6) is 1.21. The highest BCUT2D eigenvalue weighted by molar-refractivity contribution is 9.10. The molecule has 0 aliphatic carbocycles. The molecule has 1 atom stereocenters. The van der Waals surface area contributed by atoms with Gasteiger partial charge in [0.25, 0.3) is 0 Å². The standard InChI is InChI=1S/C12H16BrNO2/c1-7-5-9(13)12(16-2)11(15)10(7)8-3-4-14-6-8/h5,8,14-15H,3-4,6H2,1-2H3. The summed E-state index contributed by atoms with van der Waals surface area (Å²) in [5.41, 5.74) is 2.13. The molecule has 1 heterocycles. The first-order valence-corrected chi connectivity index (χ1v) is 6.21. The highest BCUT2D eigenvalue weighted by atomic mass is 79.9. The lowest BCUT2D eigenvalue weighted by atomic mass is 9.93. The summed E-state index contributed by atoms with van der Waals surface area (Å²) in [6.07, 6.45) is 1.07. The third kappa shape index (κ3) is 1.92. The Kier molecular flexibility index (Phi) is 3.40. The predicted molar refractivity (Wildman–Crippen MR) is 67.3 cm³/mol. The number of aromatic hydroxyl groups is 1. The van der Waals surface area contributed by atoms with E-state index in [9.17, 15) is 5.11 Å². The lowest BCUT2D eigenvalue weighted by molar-refractivity contribution is 0.366. The number of phenols is 1. The average Bonchev–Trinajstić information content (AvgIpc) is 2.70. The molecule has 0 bridgehead atoms. The van der Waals surface area contributed by atoms with Crippen LogP contribution in [0.5, 0.6) is 11.5 Å². The van der Waals surface area contributed by atoms with Gasteiger partial charge in [-0.1, -0.05) is 0 Å². The Hall–Kier alpha value is -0.740. The van der Waals surface area contributed by atoms with Crippen LogP contribution in [0.2, 0.25) is 0 Å². The molecule has 1 aliphatic rings. The van der Waals surface area contributed by atoms with E-state index in [0.717, 1.165) is 35.1 Å². The van der Waals surface area contributed by atoms with Crippen molar-refractivity contribution in [3.8, 4) is 11.5 Å². The fourth-order valence-electron chi connectivity index (χ4n) is 2.37. The minimum absolute atomic E-state index is 0.281. The molecule has 1 fully saturated rings. The molecular weight excluding hydrogens is 270 g/mol. The van der Waals surface area contributed by atoms with Gasteiger partial charge in [0.05, 0.1) is 11.6 Å². The first kappa shape index (κ1) is 11.7. The van der Waals surface area contributed by atoms with E-state index in [0.29, 0.717) is 11.7 Å². The number of methoxy groups -OCH3 is 1. The molecule has 2 rings (SSSR count). The van der Waals surface area contributed by atoms with E-state index in [1.165, 1.54) is 0 Å². The van der Waals surface area contributed by atoms with Crippen LogP contribution in [0.4, 0.5) is 0 Å². The van der Waals surface area contributed by atoms with E-state index in [1.807, 2.05) is 13.0 Å². The average molecular weight is 286 g/mol. The van der Waals surface area contributed by atoms with Gasteiger partial charge in [-0.15, -0.1) is 0 Å². The predicted octanol–water partition coefficient (Wildman–Crippen LogP) is 2.55. The van der Waals surface area contributed by atoms with E-state index in [4.69, 9.17) is 4.74 Å². The van der Waals surface area contributed by atoms with Gasteiger partial charge in [0.15, 0.2) is 11.5 Å². The van der Waals surface area contributed by atoms with E-state index in [1.54, 1.807) is 7.11 Å². The molecule has 0 spiro atoms. The van der Waals surface area contributed by atoms with Gasteiger partial charge in [-0.3, -0.25) is 0 Å². The molecule has 4 heteroatoms. The van der Waals surface area contributed by atoms with Gasteiger partial charge in [-0.05, 0) is 47.4 Å². The molecule has 16 heavy (non-hydrogen) atoms. The third-order valence-corrected chi connectivity index (χ3v) is 3.72. The number of benzene rings is 1. The Bertz CT molecular complexity index is 400. The fraction of sp³-hybridized carbons (Fsp3) is 0.500. The summed E-state index contributed by atoms with van der Waals surface area (Å²) in [5, 5.41) is 13.5. The molecule has 1 aromatic carbocycles. The SMILES string of the molecule is COc1c(Br)cc(C)c(C2CCNC2)c1O. The molecule has 88 valence electrons. The van der Waals surface area contributed by atoms with Crippen LogP contribution in [0.15, 0.2) is 10.5 Å². The second-order valence-electron chi connectivity index (χ2n) is 4.16. The molecule has 2 N–H and O–H groups in total. The van der Waals surface area contributed by atoms with Crippen molar-refractivity contribution in [1.29, 1.82) is 0 Å². The maximum atomic E-state index is 10.2. The lowest BCUT2D eigenvalue weighted by Gasteiger charge is -2.18. The van der Waals surface area contributed by atoms with E-state index < -0.39 is 0 Å². The van der Waals surface area contributed by atoms with Crippen LogP contribution in [-0.4, -0.2) is 25.3 Å². The summed E-state index contributed by atoms with van der Waals surface area (Å²) in [6, 6.07) is 2.01. The Labute approximate surface area is 104 Å². The van der Waals surface area contributed by atoms with Crippen LogP contribution in [0.1, 0.15) is 23.5 Å².